The fourth-order valence-electron chi connectivity index (χ4n) is 3.01. The summed E-state index contributed by atoms with van der Waals surface area (Å²) in [5.74, 6) is 0.167. The van der Waals surface area contributed by atoms with Crippen LogP contribution in [0.15, 0.2) is 48.8 Å². The molecule has 7 heteroatoms. The zero-order chi connectivity index (χ0) is 18.2. The summed E-state index contributed by atoms with van der Waals surface area (Å²) in [5.41, 5.74) is 0.950. The van der Waals surface area contributed by atoms with E-state index in [0.29, 0.717) is 18.8 Å². The number of hydrogen-bond acceptors (Lipinski definition) is 5. The molecule has 1 aliphatic rings. The Labute approximate surface area is 152 Å². The van der Waals surface area contributed by atoms with Gasteiger partial charge in [0, 0.05) is 24.4 Å². The SMILES string of the molecule is O=C(N[C@H]1CC[C@H](C(=O)Nc2ncccn2)CC1)OCc1ccccc1. The highest BCUT2D eigenvalue weighted by molar-refractivity contribution is 5.90. The zero-order valence-electron chi connectivity index (χ0n) is 14.4. The van der Waals surface area contributed by atoms with Crippen LogP contribution in [0, 0.1) is 5.92 Å². The quantitative estimate of drug-likeness (QED) is 0.861. The Kier molecular flexibility index (Phi) is 6.14. The normalized spacial score (nSPS) is 19.4. The minimum absolute atomic E-state index is 0.0373. The number of nitrogens with one attached hydrogen (secondary N) is 2. The van der Waals surface area contributed by atoms with Gasteiger partial charge in [0.25, 0.3) is 0 Å². The second kappa shape index (κ2) is 8.94. The first-order chi connectivity index (χ1) is 12.7. The molecule has 3 rings (SSSR count). The van der Waals surface area contributed by atoms with Gasteiger partial charge >= 0.3 is 6.09 Å². The summed E-state index contributed by atoms with van der Waals surface area (Å²) in [6.07, 6.45) is 5.67. The van der Waals surface area contributed by atoms with Crippen LogP contribution in [0.1, 0.15) is 31.2 Å². The fraction of sp³-hybridized carbons (Fsp3) is 0.368. The highest BCUT2D eigenvalue weighted by Gasteiger charge is 2.27. The van der Waals surface area contributed by atoms with Crippen molar-refractivity contribution >= 4 is 17.9 Å². The smallest absolute Gasteiger partial charge is 0.407 e. The minimum Gasteiger partial charge on any atom is -0.445 e. The molecular weight excluding hydrogens is 332 g/mol. The topological polar surface area (TPSA) is 93.2 Å². The summed E-state index contributed by atoms with van der Waals surface area (Å²) >= 11 is 0. The largest absolute Gasteiger partial charge is 0.445 e. The van der Waals surface area contributed by atoms with E-state index in [-0.39, 0.29) is 24.5 Å². The van der Waals surface area contributed by atoms with E-state index in [1.807, 2.05) is 30.3 Å². The molecule has 1 heterocycles. The van der Waals surface area contributed by atoms with Crippen molar-refractivity contribution in [2.75, 3.05) is 5.32 Å². The minimum atomic E-state index is -0.417. The van der Waals surface area contributed by atoms with Crippen LogP contribution in [0.3, 0.4) is 0 Å². The average Bonchev–Trinajstić information content (AvgIpc) is 2.68. The lowest BCUT2D eigenvalue weighted by Gasteiger charge is -2.27. The van der Waals surface area contributed by atoms with Crippen LogP contribution in [-0.4, -0.2) is 28.0 Å². The maximum absolute atomic E-state index is 12.3. The van der Waals surface area contributed by atoms with E-state index in [4.69, 9.17) is 4.74 Å². The van der Waals surface area contributed by atoms with Crippen LogP contribution in [0.4, 0.5) is 10.7 Å². The van der Waals surface area contributed by atoms with Crippen LogP contribution < -0.4 is 10.6 Å². The van der Waals surface area contributed by atoms with Gasteiger partial charge in [0.1, 0.15) is 6.61 Å². The van der Waals surface area contributed by atoms with Gasteiger partial charge in [-0.15, -0.1) is 0 Å². The first-order valence-corrected chi connectivity index (χ1v) is 8.76. The molecule has 0 saturated heterocycles. The van der Waals surface area contributed by atoms with E-state index in [0.717, 1.165) is 18.4 Å². The Hall–Kier alpha value is -2.96. The number of nitrogens with zero attached hydrogens (tertiary/aromatic N) is 2. The van der Waals surface area contributed by atoms with Crippen molar-refractivity contribution in [2.24, 2.45) is 5.92 Å². The van der Waals surface area contributed by atoms with Gasteiger partial charge in [0.05, 0.1) is 0 Å². The molecular formula is C19H22N4O3. The molecule has 1 saturated carbocycles. The predicted molar refractivity (Wildman–Crippen MR) is 96.2 cm³/mol. The van der Waals surface area contributed by atoms with E-state index < -0.39 is 6.09 Å². The van der Waals surface area contributed by atoms with E-state index in [2.05, 4.69) is 20.6 Å². The molecule has 1 aromatic heterocycles. The summed E-state index contributed by atoms with van der Waals surface area (Å²) in [7, 11) is 0. The van der Waals surface area contributed by atoms with Crippen LogP contribution in [-0.2, 0) is 16.1 Å². The Morgan fingerprint density at radius 1 is 1.00 bits per heavy atom. The van der Waals surface area contributed by atoms with Crippen molar-refractivity contribution in [1.82, 2.24) is 15.3 Å². The summed E-state index contributed by atoms with van der Waals surface area (Å²) in [6.45, 7) is 0.251. The number of hydrogen-bond donors (Lipinski definition) is 2. The first kappa shape index (κ1) is 17.8. The monoisotopic (exact) mass is 354 g/mol. The molecule has 2 amide bonds. The fourth-order valence-corrected chi connectivity index (χ4v) is 3.01. The maximum atomic E-state index is 12.3. The molecule has 1 aliphatic carbocycles. The van der Waals surface area contributed by atoms with Crippen molar-refractivity contribution < 1.29 is 14.3 Å². The standard InChI is InChI=1S/C19H22N4O3/c24-17(23-18-20-11-4-12-21-18)15-7-9-16(10-8-15)22-19(25)26-13-14-5-2-1-3-6-14/h1-6,11-12,15-16H,7-10,13H2,(H,22,25)(H,20,21,23,24)/t15-,16-. The van der Waals surface area contributed by atoms with Crippen molar-refractivity contribution in [3.05, 3.63) is 54.4 Å². The molecule has 0 unspecified atom stereocenters. The van der Waals surface area contributed by atoms with Gasteiger partial charge < -0.3 is 10.1 Å². The van der Waals surface area contributed by atoms with Crippen LogP contribution in [0.2, 0.25) is 0 Å². The third-order valence-corrected chi connectivity index (χ3v) is 4.43. The highest BCUT2D eigenvalue weighted by atomic mass is 16.5. The van der Waals surface area contributed by atoms with Gasteiger partial charge in [-0.25, -0.2) is 14.8 Å². The summed E-state index contributed by atoms with van der Waals surface area (Å²) in [5, 5.41) is 5.61. The number of anilines is 1. The lowest BCUT2D eigenvalue weighted by molar-refractivity contribution is -0.120. The van der Waals surface area contributed by atoms with Gasteiger partial charge in [0.15, 0.2) is 0 Å². The first-order valence-electron chi connectivity index (χ1n) is 8.76. The van der Waals surface area contributed by atoms with Crippen LogP contribution >= 0.6 is 0 Å². The second-order valence-electron chi connectivity index (χ2n) is 6.32. The number of carbonyl (C=O) groups is 2. The molecule has 1 fully saturated rings. The molecule has 2 N–H and O–H groups in total. The third kappa shape index (κ3) is 5.27. The van der Waals surface area contributed by atoms with Crippen LogP contribution in [0.25, 0.3) is 0 Å². The number of carbonyl (C=O) groups excluding carboxylic acids is 2. The molecule has 0 aliphatic heterocycles. The molecule has 0 radical (unpaired) electrons. The number of ether oxygens (including phenoxy) is 1. The molecule has 0 spiro atoms. The van der Waals surface area contributed by atoms with Gasteiger partial charge in [-0.3, -0.25) is 10.1 Å². The van der Waals surface area contributed by atoms with Gasteiger partial charge in [0.2, 0.25) is 11.9 Å². The number of aromatic nitrogens is 2. The van der Waals surface area contributed by atoms with E-state index in [1.54, 1.807) is 18.5 Å². The zero-order valence-corrected chi connectivity index (χ0v) is 14.4. The Morgan fingerprint density at radius 3 is 2.38 bits per heavy atom. The van der Waals surface area contributed by atoms with E-state index >= 15 is 0 Å². The van der Waals surface area contributed by atoms with Crippen molar-refractivity contribution in [2.45, 2.75) is 38.3 Å². The average molecular weight is 354 g/mol. The molecule has 26 heavy (non-hydrogen) atoms. The summed E-state index contributed by atoms with van der Waals surface area (Å²) < 4.78 is 5.24. The number of rotatable bonds is 5. The lowest BCUT2D eigenvalue weighted by atomic mass is 9.85. The maximum Gasteiger partial charge on any atom is 0.407 e. The number of benzene rings is 1. The Morgan fingerprint density at radius 2 is 1.69 bits per heavy atom. The molecule has 7 nitrogen and oxygen atoms in total. The molecule has 136 valence electrons. The Bertz CT molecular complexity index is 716. The molecule has 0 atom stereocenters. The van der Waals surface area contributed by atoms with Crippen molar-refractivity contribution in [1.29, 1.82) is 0 Å². The third-order valence-electron chi connectivity index (χ3n) is 4.43. The molecule has 2 aromatic rings. The molecule has 1 aromatic carbocycles. The number of alkyl carbamates (subject to hydrolysis) is 1. The van der Waals surface area contributed by atoms with Crippen molar-refractivity contribution in [3.63, 3.8) is 0 Å². The van der Waals surface area contributed by atoms with Gasteiger partial charge in [-0.2, -0.15) is 0 Å². The molecule has 0 bridgehead atoms. The van der Waals surface area contributed by atoms with Gasteiger partial charge in [-0.1, -0.05) is 30.3 Å². The summed E-state index contributed by atoms with van der Waals surface area (Å²) in [4.78, 5) is 32.2. The van der Waals surface area contributed by atoms with E-state index in [1.165, 1.54) is 0 Å². The van der Waals surface area contributed by atoms with E-state index in [9.17, 15) is 9.59 Å². The summed E-state index contributed by atoms with van der Waals surface area (Å²) in [6, 6.07) is 11.3. The highest BCUT2D eigenvalue weighted by Crippen LogP contribution is 2.25. The van der Waals surface area contributed by atoms with Crippen LogP contribution in [0.5, 0.6) is 0 Å². The predicted octanol–water partition coefficient (Wildman–Crippen LogP) is 2.90. The second-order valence-corrected chi connectivity index (χ2v) is 6.32. The Balaban J connectivity index is 1.38. The lowest BCUT2D eigenvalue weighted by Crippen LogP contribution is -2.39. The van der Waals surface area contributed by atoms with Crippen molar-refractivity contribution in [3.8, 4) is 0 Å². The number of amides is 2. The van der Waals surface area contributed by atoms with Gasteiger partial charge in [-0.05, 0) is 37.3 Å².